The second kappa shape index (κ2) is 13.2. The van der Waals surface area contributed by atoms with Crippen molar-refractivity contribution in [3.8, 4) is 11.5 Å². The largest absolute Gasteiger partial charge is 0.493 e. The number of hydrogen-bond donors (Lipinski definition) is 1. The monoisotopic (exact) mass is 536 g/mol. The van der Waals surface area contributed by atoms with Crippen molar-refractivity contribution in [3.05, 3.63) is 82.9 Å². The third-order valence-electron chi connectivity index (χ3n) is 6.83. The first kappa shape index (κ1) is 27.4. The number of hydrogen-bond acceptors (Lipinski definition) is 6. The first-order valence-corrected chi connectivity index (χ1v) is 13.2. The van der Waals surface area contributed by atoms with Gasteiger partial charge >= 0.3 is 0 Å². The zero-order valence-electron chi connectivity index (χ0n) is 21.7. The first-order valence-electron chi connectivity index (χ1n) is 12.8. The number of carbonyl (C=O) groups is 2. The molecule has 1 fully saturated rings. The Balaban J connectivity index is 1.69. The van der Waals surface area contributed by atoms with Gasteiger partial charge in [0.1, 0.15) is 11.7 Å². The van der Waals surface area contributed by atoms with Crippen LogP contribution < -0.4 is 14.8 Å². The molecule has 0 bridgehead atoms. The molecule has 1 aromatic heterocycles. The van der Waals surface area contributed by atoms with E-state index in [0.29, 0.717) is 28.5 Å². The molecule has 3 aromatic rings. The summed E-state index contributed by atoms with van der Waals surface area (Å²) in [6, 6.07) is 11.9. The second-order valence-corrected chi connectivity index (χ2v) is 9.76. The van der Waals surface area contributed by atoms with Crippen LogP contribution in [0, 0.1) is 0 Å². The first-order chi connectivity index (χ1) is 18.5. The molecule has 38 heavy (non-hydrogen) atoms. The van der Waals surface area contributed by atoms with E-state index in [0.717, 1.165) is 31.2 Å². The van der Waals surface area contributed by atoms with E-state index in [1.54, 1.807) is 43.4 Å². The minimum Gasteiger partial charge on any atom is -0.493 e. The number of nitrogens with zero attached hydrogens (tertiary/aromatic N) is 3. The zero-order valence-corrected chi connectivity index (χ0v) is 22.5. The third-order valence-corrected chi connectivity index (χ3v) is 7.08. The van der Waals surface area contributed by atoms with E-state index < -0.39 is 6.04 Å². The molecular formula is C29H33ClN4O4. The van der Waals surface area contributed by atoms with Gasteiger partial charge < -0.3 is 19.7 Å². The van der Waals surface area contributed by atoms with E-state index in [2.05, 4.69) is 15.3 Å². The summed E-state index contributed by atoms with van der Waals surface area (Å²) in [6.07, 6.45) is 10.1. The van der Waals surface area contributed by atoms with Crippen LogP contribution in [0.2, 0.25) is 5.02 Å². The highest BCUT2D eigenvalue weighted by atomic mass is 35.5. The Labute approximate surface area is 228 Å². The molecule has 0 radical (unpaired) electrons. The molecule has 2 amide bonds. The predicted octanol–water partition coefficient (Wildman–Crippen LogP) is 5.02. The highest BCUT2D eigenvalue weighted by molar-refractivity contribution is 6.30. The summed E-state index contributed by atoms with van der Waals surface area (Å²) in [5, 5.41) is 3.77. The van der Waals surface area contributed by atoms with Gasteiger partial charge in [-0.05, 0) is 54.7 Å². The van der Waals surface area contributed by atoms with Gasteiger partial charge in [-0.15, -0.1) is 0 Å². The summed E-state index contributed by atoms with van der Waals surface area (Å²) >= 11 is 6.16. The van der Waals surface area contributed by atoms with Crippen molar-refractivity contribution in [2.45, 2.75) is 50.6 Å². The van der Waals surface area contributed by atoms with Crippen LogP contribution in [0.1, 0.15) is 59.8 Å². The quantitative estimate of drug-likeness (QED) is 0.391. The van der Waals surface area contributed by atoms with E-state index in [1.165, 1.54) is 25.0 Å². The van der Waals surface area contributed by atoms with E-state index in [4.69, 9.17) is 21.1 Å². The van der Waals surface area contributed by atoms with Crippen molar-refractivity contribution < 1.29 is 19.1 Å². The topological polar surface area (TPSA) is 93.7 Å². The molecule has 8 nitrogen and oxygen atoms in total. The van der Waals surface area contributed by atoms with E-state index >= 15 is 0 Å². The number of methoxy groups -OCH3 is 2. The van der Waals surface area contributed by atoms with Gasteiger partial charge in [-0.3, -0.25) is 14.6 Å². The number of nitrogens with one attached hydrogen (secondary N) is 1. The average Bonchev–Trinajstić information content (AvgIpc) is 2.96. The minimum atomic E-state index is -0.871. The number of benzene rings is 2. The van der Waals surface area contributed by atoms with Crippen molar-refractivity contribution in [2.24, 2.45) is 0 Å². The maximum Gasteiger partial charge on any atom is 0.275 e. The molecular weight excluding hydrogens is 504 g/mol. The molecule has 1 aliphatic rings. The van der Waals surface area contributed by atoms with E-state index in [9.17, 15) is 9.59 Å². The third kappa shape index (κ3) is 6.81. The lowest BCUT2D eigenvalue weighted by Gasteiger charge is -2.33. The Morgan fingerprint density at radius 3 is 2.42 bits per heavy atom. The summed E-state index contributed by atoms with van der Waals surface area (Å²) in [4.78, 5) is 37.6. The normalized spacial score (nSPS) is 14.4. The average molecular weight is 537 g/mol. The fourth-order valence-electron chi connectivity index (χ4n) is 4.84. The zero-order chi connectivity index (χ0) is 26.9. The van der Waals surface area contributed by atoms with Crippen LogP contribution in [0.15, 0.2) is 61.1 Å². The molecule has 9 heteroatoms. The summed E-state index contributed by atoms with van der Waals surface area (Å²) < 4.78 is 10.8. The van der Waals surface area contributed by atoms with Crippen molar-refractivity contribution in [3.63, 3.8) is 0 Å². The second-order valence-electron chi connectivity index (χ2n) is 9.33. The molecule has 0 saturated heterocycles. The van der Waals surface area contributed by atoms with Crippen LogP contribution in [-0.2, 0) is 11.2 Å². The molecule has 4 rings (SSSR count). The Hall–Kier alpha value is -3.65. The molecule has 0 aliphatic heterocycles. The van der Waals surface area contributed by atoms with Gasteiger partial charge in [0.25, 0.3) is 5.91 Å². The van der Waals surface area contributed by atoms with Gasteiger partial charge in [0.05, 0.1) is 20.4 Å². The number of carbonyl (C=O) groups excluding carboxylic acids is 2. The van der Waals surface area contributed by atoms with E-state index in [1.807, 2.05) is 18.2 Å². The van der Waals surface area contributed by atoms with Gasteiger partial charge in [-0.1, -0.05) is 49.1 Å². The number of ether oxygens (including phenoxy) is 2. The maximum absolute atomic E-state index is 13.9. The van der Waals surface area contributed by atoms with Crippen molar-refractivity contribution in [1.82, 2.24) is 20.2 Å². The minimum absolute atomic E-state index is 0.0883. The number of rotatable bonds is 10. The fourth-order valence-corrected chi connectivity index (χ4v) is 4.96. The maximum atomic E-state index is 13.9. The van der Waals surface area contributed by atoms with Gasteiger partial charge in [-0.2, -0.15) is 0 Å². The number of aromatic nitrogens is 2. The smallest absolute Gasteiger partial charge is 0.275 e. The lowest BCUT2D eigenvalue weighted by Crippen LogP contribution is -2.47. The number of amides is 2. The summed E-state index contributed by atoms with van der Waals surface area (Å²) in [6.45, 7) is 0.260. The Morgan fingerprint density at radius 2 is 1.76 bits per heavy atom. The lowest BCUT2D eigenvalue weighted by molar-refractivity contribution is -0.126. The molecule has 1 aliphatic carbocycles. The summed E-state index contributed by atoms with van der Waals surface area (Å²) in [7, 11) is 3.16. The van der Waals surface area contributed by atoms with Gasteiger partial charge in [-0.25, -0.2) is 4.98 Å². The molecule has 0 spiro atoms. The highest BCUT2D eigenvalue weighted by Crippen LogP contribution is 2.30. The Morgan fingerprint density at radius 1 is 1.03 bits per heavy atom. The van der Waals surface area contributed by atoms with Crippen LogP contribution in [0.25, 0.3) is 0 Å². The van der Waals surface area contributed by atoms with Crippen LogP contribution in [0.5, 0.6) is 11.5 Å². The summed E-state index contributed by atoms with van der Waals surface area (Å²) in [5.74, 6) is 0.622. The molecule has 1 N–H and O–H groups in total. The molecule has 2 aromatic carbocycles. The van der Waals surface area contributed by atoms with Gasteiger partial charge in [0.2, 0.25) is 5.91 Å². The predicted molar refractivity (Wildman–Crippen MR) is 146 cm³/mol. The molecule has 1 saturated carbocycles. The molecule has 0 unspecified atom stereocenters. The van der Waals surface area contributed by atoms with Crippen LogP contribution >= 0.6 is 11.6 Å². The lowest BCUT2D eigenvalue weighted by atomic mass is 9.94. The van der Waals surface area contributed by atoms with Crippen LogP contribution in [0.3, 0.4) is 0 Å². The van der Waals surface area contributed by atoms with Crippen LogP contribution in [0.4, 0.5) is 0 Å². The number of halogens is 1. The van der Waals surface area contributed by atoms with Gasteiger partial charge in [0.15, 0.2) is 11.5 Å². The van der Waals surface area contributed by atoms with Crippen molar-refractivity contribution in [1.29, 1.82) is 0 Å². The van der Waals surface area contributed by atoms with Crippen molar-refractivity contribution in [2.75, 3.05) is 20.8 Å². The Kier molecular flexibility index (Phi) is 9.54. The SMILES string of the molecule is COc1ccc(CCN(C(=O)c2cnccn2)[C@H](C(=O)NC2CCCCC2)c2ccc(Cl)cc2)cc1OC. The van der Waals surface area contributed by atoms with E-state index in [-0.39, 0.29) is 30.1 Å². The standard InChI is InChI=1S/C29H33ClN4O4/c1-37-25-13-8-20(18-26(25)38-2)14-17-34(29(36)24-19-31-15-16-32-24)27(21-9-11-22(30)12-10-21)28(35)33-23-6-4-3-5-7-23/h8-13,15-16,18-19,23,27H,3-7,14,17H2,1-2H3,(H,33,35)/t27-/m0/s1. The van der Waals surface area contributed by atoms with Crippen LogP contribution in [-0.4, -0.2) is 53.5 Å². The summed E-state index contributed by atoms with van der Waals surface area (Å²) in [5.41, 5.74) is 1.78. The highest BCUT2D eigenvalue weighted by Gasteiger charge is 2.34. The Bertz CT molecular complexity index is 1220. The molecule has 1 heterocycles. The molecule has 200 valence electrons. The molecule has 1 atom stereocenters. The fraction of sp³-hybridized carbons (Fsp3) is 0.379. The van der Waals surface area contributed by atoms with Crippen molar-refractivity contribution >= 4 is 23.4 Å². The van der Waals surface area contributed by atoms with Gasteiger partial charge in [0, 0.05) is 30.0 Å².